The minimum atomic E-state index is -1.09. The number of hydrogen-bond acceptors (Lipinski definition) is 6. The van der Waals surface area contributed by atoms with Gasteiger partial charge in [-0.05, 0) is 36.4 Å². The molecule has 8 heteroatoms. The molecular weight excluding hydrogens is 300 g/mol. The normalized spacial score (nSPS) is 10.0. The molecule has 2 aromatic heterocycles. The fourth-order valence-electron chi connectivity index (χ4n) is 1.53. The first-order chi connectivity index (χ1) is 9.54. The fraction of sp³-hybridized carbons (Fsp3) is 0.0833. The summed E-state index contributed by atoms with van der Waals surface area (Å²) < 4.78 is 4.96. The number of anilines is 1. The van der Waals surface area contributed by atoms with Crippen LogP contribution in [0.4, 0.5) is 5.00 Å². The van der Waals surface area contributed by atoms with Gasteiger partial charge in [0.2, 0.25) is 0 Å². The Bertz CT molecular complexity index is 698. The molecule has 0 radical (unpaired) electrons. The van der Waals surface area contributed by atoms with Gasteiger partial charge in [0.25, 0.3) is 5.91 Å². The zero-order valence-corrected chi connectivity index (χ0v) is 11.8. The van der Waals surface area contributed by atoms with Crippen molar-refractivity contribution in [2.75, 3.05) is 5.32 Å². The molecule has 0 fully saturated rings. The number of carboxylic acid groups (broad SMARTS) is 1. The van der Waals surface area contributed by atoms with Gasteiger partial charge >= 0.3 is 5.97 Å². The minimum Gasteiger partial charge on any atom is -0.477 e. The molecule has 0 aliphatic heterocycles. The molecule has 102 valence electrons. The van der Waals surface area contributed by atoms with Crippen LogP contribution in [0.1, 0.15) is 25.8 Å². The van der Waals surface area contributed by atoms with E-state index in [1.165, 1.54) is 12.3 Å². The average molecular weight is 308 g/mol. The maximum atomic E-state index is 11.9. The Labute approximate surface area is 122 Å². The van der Waals surface area contributed by atoms with Gasteiger partial charge < -0.3 is 14.8 Å². The van der Waals surface area contributed by atoms with Crippen LogP contribution in [0.5, 0.6) is 0 Å². The summed E-state index contributed by atoms with van der Waals surface area (Å²) in [5.41, 5.74) is 0.462. The van der Waals surface area contributed by atoms with Crippen LogP contribution in [-0.4, -0.2) is 17.0 Å². The number of hydrogen-bond donors (Lipinski definition) is 2. The summed E-state index contributed by atoms with van der Waals surface area (Å²) in [6, 6.07) is 3.06. The van der Waals surface area contributed by atoms with Gasteiger partial charge in [0.15, 0.2) is 5.76 Å². The lowest BCUT2D eigenvalue weighted by atomic mass is 10.3. The lowest BCUT2D eigenvalue weighted by Gasteiger charge is -2.02. The van der Waals surface area contributed by atoms with Crippen LogP contribution in [0.2, 0.25) is 0 Å². The Morgan fingerprint density at radius 3 is 2.85 bits per heavy atom. The second kappa shape index (κ2) is 5.81. The van der Waals surface area contributed by atoms with E-state index in [2.05, 4.69) is 5.32 Å². The van der Waals surface area contributed by atoms with Gasteiger partial charge in [-0.25, -0.2) is 4.79 Å². The van der Waals surface area contributed by atoms with Gasteiger partial charge in [-0.2, -0.15) is 5.26 Å². The van der Waals surface area contributed by atoms with Gasteiger partial charge in [0.05, 0.1) is 11.2 Å². The summed E-state index contributed by atoms with van der Waals surface area (Å²) in [6.07, 6.45) is 1.36. The van der Waals surface area contributed by atoms with Crippen LogP contribution in [0, 0.1) is 17.6 Å². The number of amides is 1. The predicted molar refractivity (Wildman–Crippen MR) is 74.1 cm³/mol. The number of nitrogens with zero attached hydrogens (tertiary/aromatic N) is 1. The molecule has 0 aliphatic rings. The van der Waals surface area contributed by atoms with Crippen LogP contribution >= 0.6 is 23.1 Å². The number of furan rings is 1. The quantitative estimate of drug-likeness (QED) is 0.664. The summed E-state index contributed by atoms with van der Waals surface area (Å²) in [5, 5.41) is 22.6. The van der Waals surface area contributed by atoms with E-state index in [0.29, 0.717) is 15.5 Å². The van der Waals surface area contributed by atoms with Gasteiger partial charge in [-0.3, -0.25) is 4.79 Å². The van der Waals surface area contributed by atoms with Crippen molar-refractivity contribution < 1.29 is 19.1 Å². The first-order valence-corrected chi connectivity index (χ1v) is 6.95. The number of rotatable bonds is 4. The first kappa shape index (κ1) is 14.2. The van der Waals surface area contributed by atoms with Gasteiger partial charge in [0, 0.05) is 0 Å². The maximum Gasteiger partial charge on any atom is 0.346 e. The summed E-state index contributed by atoms with van der Waals surface area (Å²) >= 11 is 1.73. The number of carbonyl (C=O) groups is 2. The number of carboxylic acids is 1. The third-order valence-electron chi connectivity index (χ3n) is 2.41. The second-order valence-corrected chi connectivity index (χ2v) is 5.46. The molecule has 2 aromatic rings. The minimum absolute atomic E-state index is 0.0949. The highest BCUT2D eigenvalue weighted by atomic mass is 32.2. The van der Waals surface area contributed by atoms with Gasteiger partial charge in [-0.15, -0.1) is 11.3 Å². The third kappa shape index (κ3) is 2.68. The molecule has 6 nitrogen and oxygen atoms in total. The highest BCUT2D eigenvalue weighted by Crippen LogP contribution is 2.39. The smallest absolute Gasteiger partial charge is 0.346 e. The van der Waals surface area contributed by atoms with E-state index in [9.17, 15) is 9.59 Å². The molecule has 20 heavy (non-hydrogen) atoms. The number of nitriles is 1. The van der Waals surface area contributed by atoms with Gasteiger partial charge in [-0.1, -0.05) is 0 Å². The van der Waals surface area contributed by atoms with E-state index in [4.69, 9.17) is 14.8 Å². The van der Waals surface area contributed by atoms with Crippen LogP contribution in [-0.2, 0) is 0 Å². The summed E-state index contributed by atoms with van der Waals surface area (Å²) in [7, 11) is 0. The first-order valence-electron chi connectivity index (χ1n) is 5.32. The van der Waals surface area contributed by atoms with Crippen molar-refractivity contribution in [1.29, 1.82) is 5.26 Å². The van der Waals surface area contributed by atoms with Crippen LogP contribution < -0.4 is 5.32 Å². The summed E-state index contributed by atoms with van der Waals surface area (Å²) in [5.74, 6) is -1.47. The summed E-state index contributed by atoms with van der Waals surface area (Å²) in [4.78, 5) is 23.5. The molecule has 0 bridgehead atoms. The molecule has 1 amide bonds. The van der Waals surface area contributed by atoms with E-state index in [0.717, 1.165) is 23.1 Å². The SMILES string of the molecule is Cc1c(C(=O)O)sc(NC(=O)c2ccco2)c1SC#N. The lowest BCUT2D eigenvalue weighted by Crippen LogP contribution is -2.10. The predicted octanol–water partition coefficient (Wildman–Crippen LogP) is 3.17. The van der Waals surface area contributed by atoms with Crippen LogP contribution in [0.25, 0.3) is 0 Å². The highest BCUT2D eigenvalue weighted by molar-refractivity contribution is 8.04. The molecule has 0 atom stereocenters. The Kier molecular flexibility index (Phi) is 4.12. The number of nitrogens with one attached hydrogen (secondary N) is 1. The molecule has 0 saturated heterocycles. The molecule has 0 aliphatic carbocycles. The lowest BCUT2D eigenvalue weighted by molar-refractivity contribution is 0.0701. The molecule has 0 aromatic carbocycles. The molecular formula is C12H8N2O4S2. The molecule has 0 saturated carbocycles. The Morgan fingerprint density at radius 2 is 2.30 bits per heavy atom. The number of thiophene rings is 1. The Hall–Kier alpha value is -2.24. The molecule has 2 heterocycles. The van der Waals surface area contributed by atoms with E-state index >= 15 is 0 Å². The standard InChI is InChI=1S/C12H8N2O4S2/c1-6-8(19-5-13)11(20-9(6)12(16)17)14-10(15)7-3-2-4-18-7/h2-4H,1H3,(H,14,15)(H,16,17). The van der Waals surface area contributed by atoms with E-state index in [1.54, 1.807) is 13.0 Å². The Balaban J connectivity index is 2.36. The topological polar surface area (TPSA) is 103 Å². The second-order valence-electron chi connectivity index (χ2n) is 3.64. The molecule has 2 N–H and O–H groups in total. The fourth-order valence-corrected chi connectivity index (χ4v) is 3.27. The van der Waals surface area contributed by atoms with Crippen LogP contribution in [0.15, 0.2) is 27.7 Å². The van der Waals surface area contributed by atoms with Crippen molar-refractivity contribution in [3.63, 3.8) is 0 Å². The van der Waals surface area contributed by atoms with Crippen LogP contribution in [0.3, 0.4) is 0 Å². The molecule has 0 unspecified atom stereocenters. The largest absolute Gasteiger partial charge is 0.477 e. The zero-order valence-electron chi connectivity index (χ0n) is 10.2. The zero-order chi connectivity index (χ0) is 14.7. The number of thiocyanates is 1. The molecule has 0 spiro atoms. The average Bonchev–Trinajstić information content (AvgIpc) is 3.01. The van der Waals surface area contributed by atoms with Crippen molar-refractivity contribution in [2.24, 2.45) is 0 Å². The third-order valence-corrected chi connectivity index (χ3v) is 4.54. The summed E-state index contributed by atoms with van der Waals surface area (Å²) in [6.45, 7) is 1.60. The van der Waals surface area contributed by atoms with Crippen molar-refractivity contribution in [3.05, 3.63) is 34.6 Å². The maximum absolute atomic E-state index is 11.9. The van der Waals surface area contributed by atoms with E-state index < -0.39 is 11.9 Å². The number of carbonyl (C=O) groups excluding carboxylic acids is 1. The van der Waals surface area contributed by atoms with E-state index in [-0.39, 0.29) is 10.6 Å². The van der Waals surface area contributed by atoms with Crippen molar-refractivity contribution in [1.82, 2.24) is 0 Å². The van der Waals surface area contributed by atoms with E-state index in [1.807, 2.05) is 5.40 Å². The van der Waals surface area contributed by atoms with Crippen molar-refractivity contribution >= 4 is 40.0 Å². The number of thioether (sulfide) groups is 1. The Morgan fingerprint density at radius 1 is 1.55 bits per heavy atom. The number of aromatic carboxylic acids is 1. The van der Waals surface area contributed by atoms with Crippen molar-refractivity contribution in [3.8, 4) is 5.40 Å². The van der Waals surface area contributed by atoms with Gasteiger partial charge in [0.1, 0.15) is 15.3 Å². The molecule has 2 rings (SSSR count). The monoisotopic (exact) mass is 308 g/mol. The highest BCUT2D eigenvalue weighted by Gasteiger charge is 2.22. The van der Waals surface area contributed by atoms with Crippen molar-refractivity contribution in [2.45, 2.75) is 11.8 Å².